The topological polar surface area (TPSA) is 91.0 Å². The number of ether oxygens (including phenoxy) is 1. The van der Waals surface area contributed by atoms with Crippen LogP contribution in [0.3, 0.4) is 0 Å². The number of nitrogens with zero attached hydrogens (tertiary/aromatic N) is 2. The molecule has 6 rings (SSSR count). The zero-order valence-electron chi connectivity index (χ0n) is 21.9. The van der Waals surface area contributed by atoms with Gasteiger partial charge in [0.2, 0.25) is 11.8 Å². The average molecular weight is 533 g/mol. The second kappa shape index (κ2) is 10.1. The monoisotopic (exact) mass is 532 g/mol. The minimum Gasteiger partial charge on any atom is -0.492 e. The number of rotatable bonds is 6. The summed E-state index contributed by atoms with van der Waals surface area (Å²) in [6.07, 6.45) is 10.9. The number of imide groups is 1. The van der Waals surface area contributed by atoms with Crippen molar-refractivity contribution in [2.24, 2.45) is 0 Å². The first-order valence-electron chi connectivity index (χ1n) is 13.6. The number of fused-ring (bicyclic) bond motifs is 4. The SMILES string of the molecule is C=C(/C=C\NC1=CCC(F)C=C1)CN1CCC2(CC1)COc1c2ccc2c1CN(C1CCC(=O)NC1=O)C2=O. The predicted octanol–water partition coefficient (Wildman–Crippen LogP) is 3.02. The Labute approximate surface area is 227 Å². The molecule has 0 aromatic heterocycles. The maximum absolute atomic E-state index is 13.2. The molecule has 9 heteroatoms. The molecule has 2 atom stereocenters. The van der Waals surface area contributed by atoms with Gasteiger partial charge in [-0.2, -0.15) is 0 Å². The maximum Gasteiger partial charge on any atom is 0.255 e. The third-order valence-corrected chi connectivity index (χ3v) is 8.59. The average Bonchev–Trinajstić information content (AvgIpc) is 3.45. The van der Waals surface area contributed by atoms with E-state index in [0.29, 0.717) is 31.6 Å². The Kier molecular flexibility index (Phi) is 6.62. The van der Waals surface area contributed by atoms with Crippen molar-refractivity contribution in [3.8, 4) is 5.75 Å². The zero-order valence-corrected chi connectivity index (χ0v) is 21.9. The van der Waals surface area contributed by atoms with Gasteiger partial charge in [0.05, 0.1) is 13.2 Å². The van der Waals surface area contributed by atoms with E-state index in [-0.39, 0.29) is 23.7 Å². The molecule has 204 valence electrons. The van der Waals surface area contributed by atoms with Crippen molar-refractivity contribution >= 4 is 17.7 Å². The van der Waals surface area contributed by atoms with Gasteiger partial charge in [-0.15, -0.1) is 0 Å². The third-order valence-electron chi connectivity index (χ3n) is 8.59. The highest BCUT2D eigenvalue weighted by molar-refractivity contribution is 6.05. The first-order chi connectivity index (χ1) is 18.8. The number of likely N-dealkylation sites (tertiary alicyclic amines) is 1. The summed E-state index contributed by atoms with van der Waals surface area (Å²) in [6, 6.07) is 3.29. The number of carbonyl (C=O) groups excluding carboxylic acids is 3. The summed E-state index contributed by atoms with van der Waals surface area (Å²) in [5.41, 5.74) is 4.41. The molecule has 2 saturated heterocycles. The molecule has 0 bridgehead atoms. The van der Waals surface area contributed by atoms with Crippen LogP contribution >= 0.6 is 0 Å². The van der Waals surface area contributed by atoms with Gasteiger partial charge in [-0.25, -0.2) is 4.39 Å². The molecule has 39 heavy (non-hydrogen) atoms. The van der Waals surface area contributed by atoms with Crippen molar-refractivity contribution in [2.75, 3.05) is 26.2 Å². The van der Waals surface area contributed by atoms with Crippen LogP contribution in [0.2, 0.25) is 0 Å². The zero-order chi connectivity index (χ0) is 27.1. The first-order valence-corrected chi connectivity index (χ1v) is 13.6. The fraction of sp³-hybridized carbons (Fsp3) is 0.433. The van der Waals surface area contributed by atoms with Crippen LogP contribution in [0.4, 0.5) is 4.39 Å². The Balaban J connectivity index is 1.07. The number of piperidine rings is 2. The van der Waals surface area contributed by atoms with Crippen LogP contribution < -0.4 is 15.4 Å². The van der Waals surface area contributed by atoms with Gasteiger partial charge < -0.3 is 15.0 Å². The van der Waals surface area contributed by atoms with E-state index in [0.717, 1.165) is 60.6 Å². The number of allylic oxidation sites excluding steroid dienone is 3. The maximum atomic E-state index is 13.2. The number of alkyl halides is 1. The first kappa shape index (κ1) is 25.6. The molecule has 1 spiro atoms. The molecular weight excluding hydrogens is 499 g/mol. The lowest BCUT2D eigenvalue weighted by molar-refractivity contribution is -0.136. The molecule has 2 unspecified atom stereocenters. The second-order valence-corrected chi connectivity index (χ2v) is 11.1. The van der Waals surface area contributed by atoms with E-state index < -0.39 is 18.1 Å². The van der Waals surface area contributed by atoms with E-state index in [9.17, 15) is 18.8 Å². The van der Waals surface area contributed by atoms with Crippen molar-refractivity contribution in [3.05, 3.63) is 77.2 Å². The highest BCUT2D eigenvalue weighted by Gasteiger charge is 2.47. The summed E-state index contributed by atoms with van der Waals surface area (Å²) < 4.78 is 19.5. The van der Waals surface area contributed by atoms with Gasteiger partial charge in [0.25, 0.3) is 5.91 Å². The molecule has 0 radical (unpaired) electrons. The van der Waals surface area contributed by atoms with Gasteiger partial charge in [-0.05, 0) is 62.2 Å². The molecule has 0 saturated carbocycles. The minimum absolute atomic E-state index is 0.0846. The minimum atomic E-state index is -0.898. The summed E-state index contributed by atoms with van der Waals surface area (Å²) in [7, 11) is 0. The highest BCUT2D eigenvalue weighted by Crippen LogP contribution is 2.49. The van der Waals surface area contributed by atoms with E-state index in [2.05, 4.69) is 22.1 Å². The fourth-order valence-electron chi connectivity index (χ4n) is 6.33. The summed E-state index contributed by atoms with van der Waals surface area (Å²) >= 11 is 0. The largest absolute Gasteiger partial charge is 0.492 e. The quantitative estimate of drug-likeness (QED) is 0.433. The van der Waals surface area contributed by atoms with Crippen LogP contribution in [-0.4, -0.2) is 66.0 Å². The number of hydrogen-bond donors (Lipinski definition) is 2. The molecule has 1 aromatic carbocycles. The van der Waals surface area contributed by atoms with E-state index in [4.69, 9.17) is 4.74 Å². The highest BCUT2D eigenvalue weighted by atomic mass is 19.1. The molecule has 4 heterocycles. The van der Waals surface area contributed by atoms with Gasteiger partial charge in [0.1, 0.15) is 18.0 Å². The lowest BCUT2D eigenvalue weighted by Gasteiger charge is -2.38. The Bertz CT molecular complexity index is 1320. The molecule has 8 nitrogen and oxygen atoms in total. The van der Waals surface area contributed by atoms with Gasteiger partial charge >= 0.3 is 0 Å². The summed E-state index contributed by atoms with van der Waals surface area (Å²) in [4.78, 5) is 41.1. The molecule has 2 N–H and O–H groups in total. The number of benzene rings is 1. The Morgan fingerprint density at radius 1 is 1.26 bits per heavy atom. The molecule has 3 amide bonds. The second-order valence-electron chi connectivity index (χ2n) is 11.1. The fourth-order valence-corrected chi connectivity index (χ4v) is 6.33. The van der Waals surface area contributed by atoms with Crippen LogP contribution in [0.1, 0.15) is 53.6 Å². The van der Waals surface area contributed by atoms with Crippen LogP contribution in [0.25, 0.3) is 0 Å². The predicted molar refractivity (Wildman–Crippen MR) is 143 cm³/mol. The normalized spacial score (nSPS) is 25.9. The number of hydrogen-bond acceptors (Lipinski definition) is 6. The van der Waals surface area contributed by atoms with Crippen LogP contribution in [0.5, 0.6) is 5.75 Å². The van der Waals surface area contributed by atoms with Crippen molar-refractivity contribution < 1.29 is 23.5 Å². The number of carbonyl (C=O) groups is 3. The van der Waals surface area contributed by atoms with Gasteiger partial charge in [0, 0.05) is 53.4 Å². The Hall–Kier alpha value is -3.72. The van der Waals surface area contributed by atoms with E-state index in [1.165, 1.54) is 0 Å². The van der Waals surface area contributed by atoms with Crippen molar-refractivity contribution in [2.45, 2.75) is 56.3 Å². The summed E-state index contributed by atoms with van der Waals surface area (Å²) in [5.74, 6) is -0.0715. The van der Waals surface area contributed by atoms with Gasteiger partial charge in [0.15, 0.2) is 0 Å². The third kappa shape index (κ3) is 4.80. The van der Waals surface area contributed by atoms with Crippen LogP contribution in [0.15, 0.2) is 60.5 Å². The van der Waals surface area contributed by atoms with Crippen LogP contribution in [-0.2, 0) is 21.5 Å². The smallest absolute Gasteiger partial charge is 0.255 e. The van der Waals surface area contributed by atoms with Crippen molar-refractivity contribution in [1.29, 1.82) is 0 Å². The Morgan fingerprint density at radius 3 is 2.82 bits per heavy atom. The molecule has 5 aliphatic rings. The van der Waals surface area contributed by atoms with Gasteiger partial charge in [-0.1, -0.05) is 18.7 Å². The van der Waals surface area contributed by atoms with Crippen molar-refractivity contribution in [3.63, 3.8) is 0 Å². The van der Waals surface area contributed by atoms with Crippen molar-refractivity contribution in [1.82, 2.24) is 20.4 Å². The molecule has 1 aromatic rings. The van der Waals surface area contributed by atoms with Crippen LogP contribution in [0, 0.1) is 0 Å². The lowest BCUT2D eigenvalue weighted by Crippen LogP contribution is -2.52. The van der Waals surface area contributed by atoms with E-state index in [1.807, 2.05) is 30.5 Å². The van der Waals surface area contributed by atoms with E-state index >= 15 is 0 Å². The standard InChI is InChI=1S/C30H33FN4O4/c1-19(10-13-32-21-4-2-20(31)3-5-21)16-34-14-11-30(12-15-34)18-39-27-23-17-35(25-8-9-26(36)33-28(25)37)29(38)22(23)6-7-24(27)30/h2,4-7,10,13,20,25,32H,1,3,8-9,11-12,14-18H2,(H,33,36,37)/b13-10-. The number of halogens is 1. The number of amides is 3. The Morgan fingerprint density at radius 2 is 2.08 bits per heavy atom. The summed E-state index contributed by atoms with van der Waals surface area (Å²) in [6.45, 7) is 7.70. The lowest BCUT2D eigenvalue weighted by atomic mass is 9.74. The number of nitrogens with one attached hydrogen (secondary N) is 2. The molecule has 4 aliphatic heterocycles. The van der Waals surface area contributed by atoms with E-state index in [1.54, 1.807) is 17.1 Å². The summed E-state index contributed by atoms with van der Waals surface area (Å²) in [5, 5.41) is 5.54. The molecule has 1 aliphatic carbocycles. The molecular formula is C30H33FN4O4. The van der Waals surface area contributed by atoms with Gasteiger partial charge in [-0.3, -0.25) is 24.6 Å². The molecule has 2 fully saturated rings.